The van der Waals surface area contributed by atoms with Gasteiger partial charge in [-0.3, -0.25) is 4.79 Å². The van der Waals surface area contributed by atoms with Crippen LogP contribution >= 0.6 is 22.6 Å². The van der Waals surface area contributed by atoms with E-state index in [9.17, 15) is 18.0 Å². The van der Waals surface area contributed by atoms with Crippen molar-refractivity contribution in [2.24, 2.45) is 0 Å². The van der Waals surface area contributed by atoms with Crippen LogP contribution in [0, 0.1) is 21.0 Å². The van der Waals surface area contributed by atoms with Gasteiger partial charge in [0.1, 0.15) is 5.82 Å². The van der Waals surface area contributed by atoms with Gasteiger partial charge in [-0.25, -0.2) is 13.2 Å². The summed E-state index contributed by atoms with van der Waals surface area (Å²) in [6, 6.07) is 16.5. The van der Waals surface area contributed by atoms with Crippen LogP contribution in [0.1, 0.15) is 35.2 Å². The number of likely N-dealkylation sites (tertiary alicyclic amines) is 1. The van der Waals surface area contributed by atoms with Gasteiger partial charge in [0.05, 0.1) is 49.3 Å². The van der Waals surface area contributed by atoms with Crippen LogP contribution in [-0.2, 0) is 11.3 Å². The number of halogens is 4. The number of anilines is 2. The Balaban J connectivity index is 1.19. The first-order valence-electron chi connectivity index (χ1n) is 12.9. The van der Waals surface area contributed by atoms with Crippen LogP contribution in [-0.4, -0.2) is 53.3 Å². The first kappa shape index (κ1) is 27.9. The average molecular weight is 652 g/mol. The number of hydrogen-bond acceptors (Lipinski definition) is 4. The molecule has 6 nitrogen and oxygen atoms in total. The Morgan fingerprint density at radius 1 is 1.05 bits per heavy atom. The Hall–Kier alpha value is -2.67. The SMILES string of the molecule is O=C(c1ccc(F)c(F)c1Nc1ccc(I)cc1F)N1CC([OH2+])(CNC2CCCC2OCc2ccccc2)C1. The minimum atomic E-state index is -1.26. The van der Waals surface area contributed by atoms with Crippen molar-refractivity contribution in [3.05, 3.63) is 92.8 Å². The molecule has 1 heterocycles. The van der Waals surface area contributed by atoms with Gasteiger partial charge in [-0.1, -0.05) is 30.3 Å². The Kier molecular flexibility index (Phi) is 8.46. The number of rotatable bonds is 9. The molecule has 2 unspecified atom stereocenters. The van der Waals surface area contributed by atoms with Gasteiger partial charge < -0.3 is 25.4 Å². The van der Waals surface area contributed by atoms with Gasteiger partial charge in [0.25, 0.3) is 5.91 Å². The molecule has 2 aliphatic rings. The molecule has 3 aromatic rings. The molecule has 4 N–H and O–H groups in total. The molecular formula is C29H30F3IN3O3+. The number of carbonyl (C=O) groups is 1. The molecule has 1 amide bonds. The molecule has 3 aromatic carbocycles. The lowest BCUT2D eigenvalue weighted by molar-refractivity contribution is -0.0824. The fourth-order valence-corrected chi connectivity index (χ4v) is 5.60. The van der Waals surface area contributed by atoms with E-state index in [0.717, 1.165) is 30.9 Å². The Morgan fingerprint density at radius 2 is 1.82 bits per heavy atom. The molecule has 2 fully saturated rings. The molecule has 206 valence electrons. The third-order valence-corrected chi connectivity index (χ3v) is 7.92. The monoisotopic (exact) mass is 652 g/mol. The number of benzene rings is 3. The van der Waals surface area contributed by atoms with Crippen molar-refractivity contribution in [2.75, 3.05) is 25.0 Å². The van der Waals surface area contributed by atoms with Crippen LogP contribution < -0.4 is 10.6 Å². The lowest BCUT2D eigenvalue weighted by atomic mass is 9.92. The van der Waals surface area contributed by atoms with Crippen molar-refractivity contribution in [3.8, 4) is 0 Å². The molecule has 2 atom stereocenters. The zero-order valence-corrected chi connectivity index (χ0v) is 23.3. The van der Waals surface area contributed by atoms with Crippen molar-refractivity contribution in [3.63, 3.8) is 0 Å². The molecule has 1 aliphatic carbocycles. The van der Waals surface area contributed by atoms with Crippen LogP contribution in [0.3, 0.4) is 0 Å². The van der Waals surface area contributed by atoms with Gasteiger partial charge in [-0.05, 0) is 77.7 Å². The van der Waals surface area contributed by atoms with Crippen LogP contribution in [0.2, 0.25) is 0 Å². The van der Waals surface area contributed by atoms with Crippen LogP contribution in [0.5, 0.6) is 0 Å². The first-order valence-corrected chi connectivity index (χ1v) is 13.9. The van der Waals surface area contributed by atoms with E-state index in [4.69, 9.17) is 9.84 Å². The Morgan fingerprint density at radius 3 is 2.56 bits per heavy atom. The summed E-state index contributed by atoms with van der Waals surface area (Å²) < 4.78 is 50.0. The zero-order valence-electron chi connectivity index (χ0n) is 21.2. The van der Waals surface area contributed by atoms with E-state index in [1.54, 1.807) is 6.07 Å². The molecule has 0 spiro atoms. The van der Waals surface area contributed by atoms with Gasteiger partial charge in [0.2, 0.25) is 5.60 Å². The molecular weight excluding hydrogens is 622 g/mol. The first-order chi connectivity index (χ1) is 18.7. The number of ether oxygens (including phenoxy) is 1. The summed E-state index contributed by atoms with van der Waals surface area (Å²) in [4.78, 5) is 14.7. The number of amides is 1. The Labute approximate surface area is 238 Å². The smallest absolute Gasteiger partial charge is 0.256 e. The van der Waals surface area contributed by atoms with Gasteiger partial charge in [-0.2, -0.15) is 0 Å². The summed E-state index contributed by atoms with van der Waals surface area (Å²) >= 11 is 1.94. The van der Waals surface area contributed by atoms with E-state index in [1.807, 2.05) is 52.9 Å². The molecule has 5 rings (SSSR count). The summed E-state index contributed by atoms with van der Waals surface area (Å²) in [5.74, 6) is -3.61. The molecule has 0 aromatic heterocycles. The van der Waals surface area contributed by atoms with Gasteiger partial charge in [0.15, 0.2) is 11.6 Å². The van der Waals surface area contributed by atoms with Crippen LogP contribution in [0.25, 0.3) is 0 Å². The quantitative estimate of drug-likeness (QED) is 0.249. The topological polar surface area (TPSA) is 76.5 Å². The van der Waals surface area contributed by atoms with E-state index in [2.05, 4.69) is 10.6 Å². The van der Waals surface area contributed by atoms with E-state index in [1.165, 1.54) is 23.1 Å². The standard InChI is InChI=1S/C29H29F3IN3O3/c30-21-11-10-20(27(26(21)32)35-23-12-9-19(33)13-22(23)31)28(37)36-16-29(38,17-36)15-34-24-7-4-8-25(24)39-14-18-5-2-1-3-6-18/h1-3,5-6,9-13,24-25,34-35,38H,4,7-8,14-17H2/p+1. The second-order valence-electron chi connectivity index (χ2n) is 10.2. The maximum atomic E-state index is 14.8. The van der Waals surface area contributed by atoms with Gasteiger partial charge in [0, 0.05) is 9.61 Å². The summed E-state index contributed by atoms with van der Waals surface area (Å²) in [6.45, 7) is 1.19. The highest BCUT2D eigenvalue weighted by Gasteiger charge is 2.49. The minimum Gasteiger partial charge on any atom is -0.437 e. The third-order valence-electron chi connectivity index (χ3n) is 7.25. The number of carbonyl (C=O) groups excluding carboxylic acids is 1. The summed E-state index contributed by atoms with van der Waals surface area (Å²) in [5, 5.41) is 14.8. The van der Waals surface area contributed by atoms with Crippen molar-refractivity contribution in [1.29, 1.82) is 0 Å². The van der Waals surface area contributed by atoms with Gasteiger partial charge in [-0.15, -0.1) is 0 Å². The highest BCUT2D eigenvalue weighted by Crippen LogP contribution is 2.32. The predicted molar refractivity (Wildman–Crippen MR) is 152 cm³/mol. The maximum Gasteiger partial charge on any atom is 0.256 e. The highest BCUT2D eigenvalue weighted by molar-refractivity contribution is 14.1. The summed E-state index contributed by atoms with van der Waals surface area (Å²) in [7, 11) is 0. The molecule has 0 bridgehead atoms. The summed E-state index contributed by atoms with van der Waals surface area (Å²) in [6.07, 6.45) is 3.01. The van der Waals surface area contributed by atoms with E-state index in [-0.39, 0.29) is 36.5 Å². The molecule has 10 heteroatoms. The normalized spacial score (nSPS) is 20.1. The van der Waals surface area contributed by atoms with Crippen LogP contribution in [0.4, 0.5) is 24.5 Å². The zero-order chi connectivity index (χ0) is 27.6. The van der Waals surface area contributed by atoms with E-state index >= 15 is 0 Å². The average Bonchev–Trinajstić information content (AvgIpc) is 3.36. The lowest BCUT2D eigenvalue weighted by Gasteiger charge is -2.43. The fraction of sp³-hybridized carbons (Fsp3) is 0.345. The van der Waals surface area contributed by atoms with Gasteiger partial charge >= 0.3 is 0 Å². The molecule has 1 saturated carbocycles. The molecule has 39 heavy (non-hydrogen) atoms. The number of nitrogens with one attached hydrogen (secondary N) is 2. The fourth-order valence-electron chi connectivity index (χ4n) is 5.15. The van der Waals surface area contributed by atoms with Crippen molar-refractivity contribution >= 4 is 39.9 Å². The molecule has 0 radical (unpaired) electrons. The minimum absolute atomic E-state index is 0.0594. The number of nitrogens with zero attached hydrogens (tertiary/aromatic N) is 1. The predicted octanol–water partition coefficient (Wildman–Crippen LogP) is 5.10. The van der Waals surface area contributed by atoms with E-state index < -0.39 is 34.6 Å². The maximum absolute atomic E-state index is 14.8. The van der Waals surface area contributed by atoms with Crippen molar-refractivity contribution in [1.82, 2.24) is 10.2 Å². The van der Waals surface area contributed by atoms with Crippen LogP contribution in [0.15, 0.2) is 60.7 Å². The summed E-state index contributed by atoms with van der Waals surface area (Å²) in [5.41, 5.74) is -0.408. The molecule has 1 saturated heterocycles. The highest BCUT2D eigenvalue weighted by atomic mass is 127. The lowest BCUT2D eigenvalue weighted by Crippen LogP contribution is -2.68. The van der Waals surface area contributed by atoms with Crippen molar-refractivity contribution in [2.45, 2.75) is 43.6 Å². The number of hydrogen-bond donors (Lipinski definition) is 2. The van der Waals surface area contributed by atoms with E-state index in [0.29, 0.717) is 16.7 Å². The Bertz CT molecular complexity index is 1340. The third kappa shape index (κ3) is 6.40. The molecule has 1 aliphatic heterocycles. The second kappa shape index (κ2) is 11.8. The van der Waals surface area contributed by atoms with Crippen molar-refractivity contribution < 1.29 is 27.8 Å². The second-order valence-corrected chi connectivity index (χ2v) is 11.5. The largest absolute Gasteiger partial charge is 0.437 e.